The molecule has 5 aliphatic heterocycles. The van der Waals surface area contributed by atoms with E-state index in [0.29, 0.717) is 32.4 Å². The zero-order valence-corrected chi connectivity index (χ0v) is 28.1. The van der Waals surface area contributed by atoms with Crippen molar-refractivity contribution in [1.29, 1.82) is 0 Å². The highest BCUT2D eigenvalue weighted by Crippen LogP contribution is 2.54. The molecule has 5 saturated heterocycles. The van der Waals surface area contributed by atoms with E-state index in [1.54, 1.807) is 11.8 Å². The highest BCUT2D eigenvalue weighted by Gasteiger charge is 2.68. The minimum absolute atomic E-state index is 0.0357. The van der Waals surface area contributed by atoms with Crippen LogP contribution in [0.3, 0.4) is 0 Å². The van der Waals surface area contributed by atoms with Crippen LogP contribution in [0.1, 0.15) is 74.7 Å². The lowest BCUT2D eigenvalue weighted by Crippen LogP contribution is -2.64. The van der Waals surface area contributed by atoms with Crippen LogP contribution < -0.4 is 5.32 Å². The molecule has 2 unspecified atom stereocenters. The fraction of sp³-hybridized carbons (Fsp3) is 0.938. The van der Waals surface area contributed by atoms with Crippen LogP contribution in [0.25, 0.3) is 0 Å². The fourth-order valence-corrected chi connectivity index (χ4v) is 9.21. The first-order chi connectivity index (χ1) is 20.5. The van der Waals surface area contributed by atoms with Crippen LogP contribution in [0.15, 0.2) is 0 Å². The number of ether oxygens (including phenoxy) is 5. The molecule has 1 spiro atoms. The molecule has 252 valence electrons. The van der Waals surface area contributed by atoms with Gasteiger partial charge in [0, 0.05) is 36.9 Å². The van der Waals surface area contributed by atoms with Gasteiger partial charge >= 0.3 is 12.1 Å². The van der Waals surface area contributed by atoms with Gasteiger partial charge in [0.25, 0.3) is 0 Å². The quantitative estimate of drug-likeness (QED) is 0.396. The van der Waals surface area contributed by atoms with Crippen molar-refractivity contribution in [2.75, 3.05) is 27.2 Å². The summed E-state index contributed by atoms with van der Waals surface area (Å²) in [7, 11) is 3.84. The Hall–Kier alpha value is -1.54. The van der Waals surface area contributed by atoms with Crippen molar-refractivity contribution in [3.63, 3.8) is 0 Å². The Kier molecular flexibility index (Phi) is 9.16. The summed E-state index contributed by atoms with van der Waals surface area (Å²) in [5, 5.41) is 26.9. The van der Waals surface area contributed by atoms with Crippen molar-refractivity contribution in [2.45, 2.75) is 140 Å². The third-order valence-electron chi connectivity index (χ3n) is 11.5. The first-order valence-electron chi connectivity index (χ1n) is 16.5. The van der Waals surface area contributed by atoms with Gasteiger partial charge in [-0.25, -0.2) is 4.79 Å². The van der Waals surface area contributed by atoms with Crippen molar-refractivity contribution in [3.05, 3.63) is 0 Å². The van der Waals surface area contributed by atoms with E-state index in [4.69, 9.17) is 23.7 Å². The molecule has 5 aliphatic rings. The van der Waals surface area contributed by atoms with Crippen LogP contribution in [0.5, 0.6) is 0 Å². The van der Waals surface area contributed by atoms with Gasteiger partial charge in [-0.3, -0.25) is 15.0 Å². The second-order valence-corrected chi connectivity index (χ2v) is 14.8. The van der Waals surface area contributed by atoms with E-state index >= 15 is 0 Å². The molecule has 0 aromatic heterocycles. The molecule has 12 heteroatoms. The Balaban J connectivity index is 1.61. The number of esters is 1. The molecule has 0 aromatic carbocycles. The molecule has 15 atom stereocenters. The summed E-state index contributed by atoms with van der Waals surface area (Å²) < 4.78 is 32.4. The summed E-state index contributed by atoms with van der Waals surface area (Å²) in [4.78, 5) is 30.7. The van der Waals surface area contributed by atoms with Gasteiger partial charge in [0.2, 0.25) is 0 Å². The lowest BCUT2D eigenvalue weighted by molar-refractivity contribution is -0.307. The maximum Gasteiger partial charge on any atom is 0.410 e. The molecule has 5 heterocycles. The van der Waals surface area contributed by atoms with E-state index in [9.17, 15) is 19.8 Å². The van der Waals surface area contributed by atoms with Crippen LogP contribution in [0, 0.1) is 23.7 Å². The number of aliphatic hydroxyl groups excluding tert-OH is 2. The predicted molar refractivity (Wildman–Crippen MR) is 160 cm³/mol. The molecule has 12 nitrogen and oxygen atoms in total. The number of rotatable bonds is 4. The van der Waals surface area contributed by atoms with Gasteiger partial charge in [0.05, 0.1) is 35.9 Å². The van der Waals surface area contributed by atoms with Crippen LogP contribution >= 0.6 is 0 Å². The van der Waals surface area contributed by atoms with E-state index in [1.165, 1.54) is 0 Å². The molecule has 0 aromatic rings. The van der Waals surface area contributed by atoms with Gasteiger partial charge in [0.1, 0.15) is 17.9 Å². The summed E-state index contributed by atoms with van der Waals surface area (Å²) in [5.74, 6) is -2.41. The van der Waals surface area contributed by atoms with Crippen LogP contribution in [-0.4, -0.2) is 125 Å². The zero-order valence-electron chi connectivity index (χ0n) is 28.1. The topological polar surface area (TPSA) is 139 Å². The first-order valence-corrected chi connectivity index (χ1v) is 16.5. The van der Waals surface area contributed by atoms with E-state index in [0.717, 1.165) is 0 Å². The van der Waals surface area contributed by atoms with Gasteiger partial charge in [-0.1, -0.05) is 27.7 Å². The van der Waals surface area contributed by atoms with Crippen molar-refractivity contribution in [2.24, 2.45) is 23.7 Å². The first kappa shape index (κ1) is 33.8. The SMILES string of the molecule is CC[C@H]1OC(=O)[C@H](C)[C@H](O)[C@H](C)[C@@H](O[C@@H]2O[C@H](C)C[C@H](N(C)C)[C@H]2O)[C@@]2(C)CC(C)C3(NCCN4C(=O)O[C@@]1(C)[C@H]4[C@H]3C)O2. The lowest BCUT2D eigenvalue weighted by Gasteiger charge is -2.48. The summed E-state index contributed by atoms with van der Waals surface area (Å²) in [6, 6.07) is -0.635. The molecule has 1 amide bonds. The number of cyclic esters (lactones) is 1. The summed E-state index contributed by atoms with van der Waals surface area (Å²) in [6.45, 7) is 16.3. The van der Waals surface area contributed by atoms with E-state index in [1.807, 2.05) is 53.6 Å². The van der Waals surface area contributed by atoms with Gasteiger partial charge in [0.15, 0.2) is 11.9 Å². The van der Waals surface area contributed by atoms with Crippen LogP contribution in [0.4, 0.5) is 4.79 Å². The molecule has 5 rings (SSSR count). The molecule has 0 radical (unpaired) electrons. The fourth-order valence-electron chi connectivity index (χ4n) is 9.21. The Labute approximate surface area is 262 Å². The maximum absolute atomic E-state index is 13.7. The highest BCUT2D eigenvalue weighted by atomic mass is 16.7. The van der Waals surface area contributed by atoms with Crippen LogP contribution in [-0.2, 0) is 28.5 Å². The molecule has 44 heavy (non-hydrogen) atoms. The van der Waals surface area contributed by atoms with Crippen molar-refractivity contribution >= 4 is 12.1 Å². The Morgan fingerprint density at radius 2 is 1.77 bits per heavy atom. The standard InChI is InChI=1S/C32H55N3O9/c1-11-22-31(8)25-20(6)32(33-12-13-35(25)29(39)43-31)16(2)15-30(7,44-32)26(18(4)23(36)19(5)27(38)41-22)42-28-24(37)21(34(9)10)14-17(3)40-28/h16-26,28,33,36-37H,11-15H2,1-10H3/t16?,17-,18+,19-,20-,21+,22-,23-,24-,25-,26-,28+,30-,31-,32?/m1/s1. The second kappa shape index (κ2) is 11.9. The predicted octanol–water partition coefficient (Wildman–Crippen LogP) is 2.10. The van der Waals surface area contributed by atoms with Gasteiger partial charge in [-0.15, -0.1) is 0 Å². The molecule has 0 saturated carbocycles. The van der Waals surface area contributed by atoms with Crippen molar-refractivity contribution < 1.29 is 43.5 Å². The number of nitrogens with zero attached hydrogens (tertiary/aromatic N) is 2. The van der Waals surface area contributed by atoms with Crippen molar-refractivity contribution in [3.8, 4) is 0 Å². The van der Waals surface area contributed by atoms with E-state index in [-0.39, 0.29) is 24.0 Å². The maximum atomic E-state index is 13.7. The Morgan fingerprint density at radius 3 is 2.41 bits per heavy atom. The second-order valence-electron chi connectivity index (χ2n) is 14.8. The largest absolute Gasteiger partial charge is 0.458 e. The van der Waals surface area contributed by atoms with Crippen LogP contribution in [0.2, 0.25) is 0 Å². The van der Waals surface area contributed by atoms with Gasteiger partial charge in [-0.05, 0) is 61.1 Å². The lowest BCUT2D eigenvalue weighted by atomic mass is 9.72. The normalized spacial score (nSPS) is 51.6. The number of amides is 1. The molecule has 3 N–H and O–H groups in total. The summed E-state index contributed by atoms with van der Waals surface area (Å²) in [6.07, 6.45) is -3.55. The number of hydrogen-bond donors (Lipinski definition) is 3. The molecule has 0 aliphatic carbocycles. The molecular weight excluding hydrogens is 570 g/mol. The minimum atomic E-state index is -1.16. The monoisotopic (exact) mass is 625 g/mol. The number of carbonyl (C=O) groups is 2. The smallest absolute Gasteiger partial charge is 0.410 e. The molecule has 3 bridgehead atoms. The van der Waals surface area contributed by atoms with E-state index < -0.39 is 77.6 Å². The molecule has 5 fully saturated rings. The highest BCUT2D eigenvalue weighted by molar-refractivity contribution is 5.74. The van der Waals surface area contributed by atoms with Gasteiger partial charge in [-0.2, -0.15) is 0 Å². The third kappa shape index (κ3) is 5.26. The Bertz CT molecular complexity index is 1100. The average molecular weight is 626 g/mol. The number of fused-ring (bicyclic) bond motifs is 1. The minimum Gasteiger partial charge on any atom is -0.458 e. The number of nitrogens with one attached hydrogen (secondary N) is 1. The van der Waals surface area contributed by atoms with Crippen molar-refractivity contribution in [1.82, 2.24) is 15.1 Å². The summed E-state index contributed by atoms with van der Waals surface area (Å²) >= 11 is 0. The average Bonchev–Trinajstić information content (AvgIpc) is 3.31. The number of hydrogen-bond acceptors (Lipinski definition) is 11. The van der Waals surface area contributed by atoms with E-state index in [2.05, 4.69) is 19.2 Å². The summed E-state index contributed by atoms with van der Waals surface area (Å²) in [5.41, 5.74) is -2.99. The zero-order chi connectivity index (χ0) is 32.5. The van der Waals surface area contributed by atoms with Gasteiger partial charge < -0.3 is 38.8 Å². The third-order valence-corrected chi connectivity index (χ3v) is 11.5. The number of likely N-dealkylation sites (N-methyl/N-ethyl adjacent to an activating group) is 1. The Morgan fingerprint density at radius 1 is 1.09 bits per heavy atom. The number of carbonyl (C=O) groups excluding carboxylic acids is 2. The number of aliphatic hydroxyl groups is 2. The molecular formula is C32H55N3O9.